The molecule has 0 spiro atoms. The van der Waals surface area contributed by atoms with Gasteiger partial charge in [0.15, 0.2) is 11.0 Å². The van der Waals surface area contributed by atoms with Crippen LogP contribution in [0.25, 0.3) is 11.0 Å². The van der Waals surface area contributed by atoms with Gasteiger partial charge in [0.2, 0.25) is 5.91 Å². The van der Waals surface area contributed by atoms with Crippen LogP contribution in [0, 0.1) is 0 Å². The van der Waals surface area contributed by atoms with Gasteiger partial charge in [-0.3, -0.25) is 4.79 Å². The van der Waals surface area contributed by atoms with E-state index in [1.165, 1.54) is 0 Å². The number of benzene rings is 1. The fraction of sp³-hybridized carbons (Fsp3) is 0.100. The lowest BCUT2D eigenvalue weighted by atomic mass is 10.3. The third-order valence-corrected chi connectivity index (χ3v) is 2.68. The van der Waals surface area contributed by atoms with E-state index in [9.17, 15) is 4.79 Å². The Morgan fingerprint density at radius 1 is 1.31 bits per heavy atom. The molecule has 1 aromatic heterocycles. The summed E-state index contributed by atoms with van der Waals surface area (Å²) in [6.07, 6.45) is 0. The van der Waals surface area contributed by atoms with Crippen LogP contribution in [0.5, 0.6) is 0 Å². The van der Waals surface area contributed by atoms with Crippen LogP contribution in [0.3, 0.4) is 0 Å². The second-order valence-electron chi connectivity index (χ2n) is 3.03. The monoisotopic (exact) mass is 299 g/mol. The molecule has 0 saturated heterocycles. The van der Waals surface area contributed by atoms with Gasteiger partial charge in [0.05, 0.1) is 16.4 Å². The lowest BCUT2D eigenvalue weighted by Crippen LogP contribution is -2.14. The number of hydrogen-bond donors (Lipinski definition) is 1. The van der Waals surface area contributed by atoms with Crippen LogP contribution >= 0.6 is 27.5 Å². The molecule has 1 heterocycles. The smallest absolute Gasteiger partial charge is 0.236 e. The van der Waals surface area contributed by atoms with E-state index in [-0.39, 0.29) is 22.2 Å². The summed E-state index contributed by atoms with van der Waals surface area (Å²) in [5.74, 6) is 0.0660. The van der Waals surface area contributed by atoms with Gasteiger partial charge < -0.3 is 5.32 Å². The minimum atomic E-state index is -0.216. The van der Waals surface area contributed by atoms with Crippen molar-refractivity contribution in [3.8, 4) is 0 Å². The number of anilines is 1. The number of hydrogen-bond acceptors (Lipinski definition) is 3. The summed E-state index contributed by atoms with van der Waals surface area (Å²) >= 11 is 8.94. The highest BCUT2D eigenvalue weighted by molar-refractivity contribution is 9.09. The molecule has 0 unspecified atom stereocenters. The molecule has 2 rings (SSSR count). The standard InChI is InChI=1S/C10H7BrClN3O/c11-5-8(16)15-10-9(12)13-6-3-1-2-4-7(6)14-10/h1-4H,5H2,(H,14,15,16). The van der Waals surface area contributed by atoms with E-state index < -0.39 is 0 Å². The maximum absolute atomic E-state index is 11.2. The molecule has 0 saturated carbocycles. The molecule has 0 bridgehead atoms. The second kappa shape index (κ2) is 4.76. The summed E-state index contributed by atoms with van der Waals surface area (Å²) in [4.78, 5) is 19.5. The van der Waals surface area contributed by atoms with Crippen LogP contribution in [0.2, 0.25) is 5.15 Å². The Balaban J connectivity index is 2.46. The molecule has 16 heavy (non-hydrogen) atoms. The van der Waals surface area contributed by atoms with Crippen molar-refractivity contribution in [1.82, 2.24) is 9.97 Å². The summed E-state index contributed by atoms with van der Waals surface area (Å²) in [5, 5.41) is 2.94. The number of amides is 1. The van der Waals surface area contributed by atoms with Gasteiger partial charge in [0.25, 0.3) is 0 Å². The highest BCUT2D eigenvalue weighted by Crippen LogP contribution is 2.20. The first-order chi connectivity index (χ1) is 7.70. The number of rotatable bonds is 2. The maximum Gasteiger partial charge on any atom is 0.236 e. The molecule has 0 aliphatic heterocycles. The number of aromatic nitrogens is 2. The van der Waals surface area contributed by atoms with Crippen molar-refractivity contribution in [2.75, 3.05) is 10.6 Å². The van der Waals surface area contributed by atoms with Gasteiger partial charge >= 0.3 is 0 Å². The topological polar surface area (TPSA) is 54.9 Å². The van der Waals surface area contributed by atoms with Crippen LogP contribution in [0.1, 0.15) is 0 Å². The average Bonchev–Trinajstić information content (AvgIpc) is 2.30. The van der Waals surface area contributed by atoms with Crippen molar-refractivity contribution in [3.63, 3.8) is 0 Å². The third kappa shape index (κ3) is 2.31. The Labute approximate surface area is 105 Å². The normalized spacial score (nSPS) is 10.4. The van der Waals surface area contributed by atoms with Crippen LogP contribution in [-0.2, 0) is 4.79 Å². The summed E-state index contributed by atoms with van der Waals surface area (Å²) < 4.78 is 0. The quantitative estimate of drug-likeness (QED) is 0.867. The van der Waals surface area contributed by atoms with E-state index in [0.717, 1.165) is 0 Å². The fourth-order valence-electron chi connectivity index (χ4n) is 1.22. The largest absolute Gasteiger partial charge is 0.307 e. The molecule has 1 N–H and O–H groups in total. The van der Waals surface area contributed by atoms with Gasteiger partial charge in [-0.05, 0) is 12.1 Å². The number of nitrogens with zero attached hydrogens (tertiary/aromatic N) is 2. The predicted octanol–water partition coefficient (Wildman–Crippen LogP) is 2.62. The SMILES string of the molecule is O=C(CBr)Nc1nc2ccccc2nc1Cl. The Hall–Kier alpha value is -1.20. The van der Waals surface area contributed by atoms with Crippen molar-refractivity contribution in [1.29, 1.82) is 0 Å². The van der Waals surface area contributed by atoms with Crippen LogP contribution in [0.4, 0.5) is 5.82 Å². The van der Waals surface area contributed by atoms with Gasteiger partial charge in [-0.25, -0.2) is 9.97 Å². The number of nitrogens with one attached hydrogen (secondary N) is 1. The molecule has 0 radical (unpaired) electrons. The zero-order valence-electron chi connectivity index (χ0n) is 8.08. The number of halogens is 2. The minimum Gasteiger partial charge on any atom is -0.307 e. The van der Waals surface area contributed by atoms with E-state index in [2.05, 4.69) is 31.2 Å². The van der Waals surface area contributed by atoms with E-state index in [0.29, 0.717) is 11.0 Å². The first-order valence-corrected chi connectivity index (χ1v) is 5.99. The first-order valence-electron chi connectivity index (χ1n) is 4.49. The van der Waals surface area contributed by atoms with Gasteiger partial charge in [-0.2, -0.15) is 0 Å². The molecule has 0 aliphatic carbocycles. The van der Waals surface area contributed by atoms with E-state index in [4.69, 9.17) is 11.6 Å². The zero-order valence-corrected chi connectivity index (χ0v) is 10.4. The van der Waals surface area contributed by atoms with Crippen LogP contribution in [0.15, 0.2) is 24.3 Å². The van der Waals surface area contributed by atoms with Crippen LogP contribution in [-0.4, -0.2) is 21.2 Å². The van der Waals surface area contributed by atoms with Gasteiger partial charge in [0, 0.05) is 0 Å². The summed E-state index contributed by atoms with van der Waals surface area (Å²) in [7, 11) is 0. The Bertz CT molecular complexity index is 547. The molecule has 4 nitrogen and oxygen atoms in total. The van der Waals surface area contributed by atoms with Crippen LogP contribution < -0.4 is 5.32 Å². The second-order valence-corrected chi connectivity index (χ2v) is 3.95. The lowest BCUT2D eigenvalue weighted by molar-refractivity contribution is -0.113. The van der Waals surface area contributed by atoms with Gasteiger partial charge in [-0.1, -0.05) is 39.7 Å². The van der Waals surface area contributed by atoms with Crippen molar-refractivity contribution >= 4 is 50.3 Å². The van der Waals surface area contributed by atoms with E-state index in [1.54, 1.807) is 0 Å². The summed E-state index contributed by atoms with van der Waals surface area (Å²) in [6.45, 7) is 0. The molecule has 82 valence electrons. The maximum atomic E-state index is 11.2. The molecule has 2 aromatic rings. The highest BCUT2D eigenvalue weighted by Gasteiger charge is 2.08. The van der Waals surface area contributed by atoms with Crippen molar-refractivity contribution in [2.24, 2.45) is 0 Å². The molecular weight excluding hydrogens is 293 g/mol. The molecule has 6 heteroatoms. The van der Waals surface area contributed by atoms with Gasteiger partial charge in [0.1, 0.15) is 0 Å². The minimum absolute atomic E-state index is 0.188. The average molecular weight is 301 g/mol. The molecule has 0 atom stereocenters. The summed E-state index contributed by atoms with van der Waals surface area (Å²) in [5.41, 5.74) is 1.39. The molecule has 1 amide bonds. The molecular formula is C10H7BrClN3O. The number of alkyl halides is 1. The number of carbonyl (C=O) groups excluding carboxylic acids is 1. The van der Waals surface area contributed by atoms with E-state index in [1.807, 2.05) is 24.3 Å². The Kier molecular flexibility index (Phi) is 3.36. The fourth-order valence-corrected chi connectivity index (χ4v) is 1.54. The number of para-hydroxylation sites is 2. The van der Waals surface area contributed by atoms with Crippen molar-refractivity contribution in [2.45, 2.75) is 0 Å². The molecule has 0 aliphatic rings. The van der Waals surface area contributed by atoms with E-state index >= 15 is 0 Å². The Morgan fingerprint density at radius 3 is 2.56 bits per heavy atom. The van der Waals surface area contributed by atoms with Crippen molar-refractivity contribution in [3.05, 3.63) is 29.4 Å². The Morgan fingerprint density at radius 2 is 1.94 bits per heavy atom. The highest BCUT2D eigenvalue weighted by atomic mass is 79.9. The predicted molar refractivity (Wildman–Crippen MR) is 67.0 cm³/mol. The molecule has 1 aromatic carbocycles. The zero-order chi connectivity index (χ0) is 11.5. The first kappa shape index (κ1) is 11.3. The molecule has 0 fully saturated rings. The van der Waals surface area contributed by atoms with Crippen molar-refractivity contribution < 1.29 is 4.79 Å². The number of fused-ring (bicyclic) bond motifs is 1. The summed E-state index contributed by atoms with van der Waals surface area (Å²) in [6, 6.07) is 7.32. The van der Waals surface area contributed by atoms with Gasteiger partial charge in [-0.15, -0.1) is 0 Å². The lowest BCUT2D eigenvalue weighted by Gasteiger charge is -2.05. The third-order valence-electron chi connectivity index (χ3n) is 1.91. The number of carbonyl (C=O) groups is 1.